The highest BCUT2D eigenvalue weighted by Gasteiger charge is 2.40. The lowest BCUT2D eigenvalue weighted by Crippen LogP contribution is -2.38. The molecule has 0 saturated carbocycles. The molecule has 0 spiro atoms. The minimum atomic E-state index is -1.02. The molecule has 1 aromatic carbocycles. The van der Waals surface area contributed by atoms with Gasteiger partial charge in [-0.3, -0.25) is 4.79 Å². The van der Waals surface area contributed by atoms with Crippen molar-refractivity contribution in [2.75, 3.05) is 44.3 Å². The number of anilines is 1. The van der Waals surface area contributed by atoms with Crippen LogP contribution in [0.1, 0.15) is 33.7 Å². The summed E-state index contributed by atoms with van der Waals surface area (Å²) < 4.78 is 5.38. The van der Waals surface area contributed by atoms with Gasteiger partial charge in [-0.05, 0) is 31.9 Å². The summed E-state index contributed by atoms with van der Waals surface area (Å²) in [5, 5.41) is 11.1. The van der Waals surface area contributed by atoms with Gasteiger partial charge in [-0.15, -0.1) is 0 Å². The highest BCUT2D eigenvalue weighted by atomic mass is 16.5. The zero-order chi connectivity index (χ0) is 19.7. The molecule has 2 aliphatic heterocycles. The van der Waals surface area contributed by atoms with Gasteiger partial charge in [0.15, 0.2) is 0 Å². The number of rotatable bonds is 3. The minimum Gasteiger partial charge on any atom is -0.383 e. The Balaban J connectivity index is 1.53. The van der Waals surface area contributed by atoms with Crippen LogP contribution < -0.4 is 4.90 Å². The number of aryl methyl sites for hydroxylation is 2. The van der Waals surface area contributed by atoms with Gasteiger partial charge >= 0.3 is 0 Å². The van der Waals surface area contributed by atoms with E-state index < -0.39 is 5.60 Å². The average molecular weight is 382 g/mol. The van der Waals surface area contributed by atoms with E-state index in [0.29, 0.717) is 50.9 Å². The number of carbonyl (C=O) groups is 1. The maximum Gasteiger partial charge on any atom is 0.272 e. The first-order chi connectivity index (χ1) is 13.4. The average Bonchev–Trinajstić information content (AvgIpc) is 3.11. The lowest BCUT2D eigenvalue weighted by atomic mass is 9.92. The van der Waals surface area contributed by atoms with Crippen LogP contribution in [0.15, 0.2) is 30.3 Å². The normalized spacial score (nSPS) is 22.5. The standard InChI is InChI=1S/C21H26N4O3/c1-15-3-5-17(6-4-15)21(27)7-8-25(14-21)19(26)18-13-16(2)22-20(23-18)24-9-11-28-12-10-24/h3-6,13,27H,7-12,14H2,1-2H3. The lowest BCUT2D eigenvalue weighted by molar-refractivity contribution is 0.0415. The van der Waals surface area contributed by atoms with E-state index in [9.17, 15) is 9.90 Å². The summed E-state index contributed by atoms with van der Waals surface area (Å²) in [4.78, 5) is 25.8. The van der Waals surface area contributed by atoms with Gasteiger partial charge in [0.05, 0.1) is 19.8 Å². The summed E-state index contributed by atoms with van der Waals surface area (Å²) >= 11 is 0. The SMILES string of the molecule is Cc1ccc(C2(O)CCN(C(=O)c3cc(C)nc(N4CCOCC4)n3)C2)cc1. The highest BCUT2D eigenvalue weighted by molar-refractivity contribution is 5.93. The van der Waals surface area contributed by atoms with E-state index in [0.717, 1.165) is 16.8 Å². The van der Waals surface area contributed by atoms with Gasteiger partial charge in [0.2, 0.25) is 5.95 Å². The van der Waals surface area contributed by atoms with E-state index in [2.05, 4.69) is 9.97 Å². The molecule has 2 fully saturated rings. The van der Waals surface area contributed by atoms with Gasteiger partial charge in [0.1, 0.15) is 11.3 Å². The van der Waals surface area contributed by atoms with E-state index in [-0.39, 0.29) is 12.5 Å². The van der Waals surface area contributed by atoms with Crippen LogP contribution in [0.5, 0.6) is 0 Å². The second-order valence-electron chi connectivity index (χ2n) is 7.67. The zero-order valence-electron chi connectivity index (χ0n) is 16.4. The number of aliphatic hydroxyl groups is 1. The quantitative estimate of drug-likeness (QED) is 0.870. The summed E-state index contributed by atoms with van der Waals surface area (Å²) in [6.45, 7) is 7.36. The van der Waals surface area contributed by atoms with Crippen LogP contribution in [0.25, 0.3) is 0 Å². The van der Waals surface area contributed by atoms with E-state index in [4.69, 9.17) is 4.74 Å². The Morgan fingerprint density at radius 1 is 1.11 bits per heavy atom. The predicted molar refractivity (Wildman–Crippen MR) is 105 cm³/mol. The summed E-state index contributed by atoms with van der Waals surface area (Å²) in [7, 11) is 0. The van der Waals surface area contributed by atoms with Gasteiger partial charge < -0.3 is 19.6 Å². The van der Waals surface area contributed by atoms with Crippen molar-refractivity contribution < 1.29 is 14.6 Å². The third-order valence-corrected chi connectivity index (χ3v) is 5.48. The van der Waals surface area contributed by atoms with Crippen LogP contribution in [0.4, 0.5) is 5.95 Å². The van der Waals surface area contributed by atoms with Crippen LogP contribution >= 0.6 is 0 Å². The Hall–Kier alpha value is -2.51. The van der Waals surface area contributed by atoms with Gasteiger partial charge in [-0.25, -0.2) is 9.97 Å². The number of β-amino-alcohol motifs (C(OH)–C–C–N with tert-alkyl or cyclic N) is 1. The molecule has 2 aromatic rings. The van der Waals surface area contributed by atoms with Crippen molar-refractivity contribution >= 4 is 11.9 Å². The molecule has 4 rings (SSSR count). The number of amides is 1. The third-order valence-electron chi connectivity index (χ3n) is 5.48. The molecule has 1 unspecified atom stereocenters. The third kappa shape index (κ3) is 3.72. The summed E-state index contributed by atoms with van der Waals surface area (Å²) in [6.07, 6.45) is 0.516. The molecule has 3 heterocycles. The monoisotopic (exact) mass is 382 g/mol. The molecule has 2 saturated heterocycles. The van der Waals surface area contributed by atoms with E-state index in [1.165, 1.54) is 0 Å². The maximum absolute atomic E-state index is 13.1. The molecule has 0 radical (unpaired) electrons. The highest BCUT2D eigenvalue weighted by Crippen LogP contribution is 2.32. The molecular formula is C21H26N4O3. The lowest BCUT2D eigenvalue weighted by Gasteiger charge is -2.27. The summed E-state index contributed by atoms with van der Waals surface area (Å²) in [5.41, 5.74) is 2.11. The predicted octanol–water partition coefficient (Wildman–Crippen LogP) is 1.66. The molecule has 2 aliphatic rings. The van der Waals surface area contributed by atoms with Gasteiger partial charge in [-0.1, -0.05) is 29.8 Å². The van der Waals surface area contributed by atoms with Crippen LogP contribution in [0.3, 0.4) is 0 Å². The Kier molecular flexibility index (Phi) is 5.03. The number of hydrogen-bond donors (Lipinski definition) is 1. The number of ether oxygens (including phenoxy) is 1. The molecule has 1 amide bonds. The van der Waals surface area contributed by atoms with Crippen molar-refractivity contribution in [1.29, 1.82) is 0 Å². The Morgan fingerprint density at radius 3 is 2.54 bits per heavy atom. The number of likely N-dealkylation sites (tertiary alicyclic amines) is 1. The fourth-order valence-electron chi connectivity index (χ4n) is 3.80. The molecular weight excluding hydrogens is 356 g/mol. The Labute approximate surface area is 165 Å². The van der Waals surface area contributed by atoms with E-state index in [1.54, 1.807) is 11.0 Å². The molecule has 7 heteroatoms. The van der Waals surface area contributed by atoms with Crippen LogP contribution in [-0.4, -0.2) is 65.3 Å². The van der Waals surface area contributed by atoms with Gasteiger partial charge in [0, 0.05) is 25.3 Å². The number of benzene rings is 1. The van der Waals surface area contributed by atoms with Crippen LogP contribution in [0.2, 0.25) is 0 Å². The second-order valence-corrected chi connectivity index (χ2v) is 7.67. The van der Waals surface area contributed by atoms with Crippen molar-refractivity contribution in [3.8, 4) is 0 Å². The fraction of sp³-hybridized carbons (Fsp3) is 0.476. The molecule has 1 N–H and O–H groups in total. The van der Waals surface area contributed by atoms with Gasteiger partial charge in [0.25, 0.3) is 5.91 Å². The van der Waals surface area contributed by atoms with Crippen molar-refractivity contribution in [3.63, 3.8) is 0 Å². The summed E-state index contributed by atoms with van der Waals surface area (Å²) in [6, 6.07) is 9.57. The first-order valence-corrected chi connectivity index (χ1v) is 9.72. The van der Waals surface area contributed by atoms with Crippen LogP contribution in [-0.2, 0) is 10.3 Å². The molecule has 0 bridgehead atoms. The van der Waals surface area contributed by atoms with E-state index in [1.807, 2.05) is 43.0 Å². The minimum absolute atomic E-state index is 0.164. The molecule has 1 atom stereocenters. The number of nitrogens with zero attached hydrogens (tertiary/aromatic N) is 4. The molecule has 7 nitrogen and oxygen atoms in total. The Morgan fingerprint density at radius 2 is 1.82 bits per heavy atom. The number of carbonyl (C=O) groups excluding carboxylic acids is 1. The maximum atomic E-state index is 13.1. The molecule has 28 heavy (non-hydrogen) atoms. The number of aromatic nitrogens is 2. The topological polar surface area (TPSA) is 78.8 Å². The van der Waals surface area contributed by atoms with Crippen molar-refractivity contribution in [2.45, 2.75) is 25.9 Å². The molecule has 1 aromatic heterocycles. The second kappa shape index (κ2) is 7.48. The van der Waals surface area contributed by atoms with E-state index >= 15 is 0 Å². The number of morpholine rings is 1. The molecule has 148 valence electrons. The first kappa shape index (κ1) is 18.8. The molecule has 0 aliphatic carbocycles. The Bertz CT molecular complexity index is 864. The smallest absolute Gasteiger partial charge is 0.272 e. The van der Waals surface area contributed by atoms with Crippen molar-refractivity contribution in [3.05, 3.63) is 52.8 Å². The fourth-order valence-corrected chi connectivity index (χ4v) is 3.80. The first-order valence-electron chi connectivity index (χ1n) is 9.72. The largest absolute Gasteiger partial charge is 0.383 e. The van der Waals surface area contributed by atoms with Crippen molar-refractivity contribution in [1.82, 2.24) is 14.9 Å². The van der Waals surface area contributed by atoms with Gasteiger partial charge in [-0.2, -0.15) is 0 Å². The number of hydrogen-bond acceptors (Lipinski definition) is 6. The summed E-state index contributed by atoms with van der Waals surface area (Å²) in [5.74, 6) is 0.405. The van der Waals surface area contributed by atoms with Crippen LogP contribution in [0, 0.1) is 13.8 Å². The van der Waals surface area contributed by atoms with Crippen molar-refractivity contribution in [2.24, 2.45) is 0 Å². The zero-order valence-corrected chi connectivity index (χ0v) is 16.4.